The van der Waals surface area contributed by atoms with Crippen LogP contribution < -0.4 is 0 Å². The molecule has 0 aromatic heterocycles. The summed E-state index contributed by atoms with van der Waals surface area (Å²) in [5.74, 6) is 0. The molecule has 3 heteroatoms. The molecule has 1 rings (SSSR count). The van der Waals surface area contributed by atoms with Gasteiger partial charge in [-0.3, -0.25) is 0 Å². The van der Waals surface area contributed by atoms with Crippen molar-refractivity contribution in [3.8, 4) is 0 Å². The van der Waals surface area contributed by atoms with Crippen molar-refractivity contribution in [2.24, 2.45) is 0 Å². The van der Waals surface area contributed by atoms with E-state index in [1.54, 1.807) is 0 Å². The summed E-state index contributed by atoms with van der Waals surface area (Å²) in [5, 5.41) is 0. The summed E-state index contributed by atoms with van der Waals surface area (Å²) >= 11 is 0. The van der Waals surface area contributed by atoms with Crippen molar-refractivity contribution in [2.75, 3.05) is 13.2 Å². The molecule has 1 aliphatic heterocycles. The summed E-state index contributed by atoms with van der Waals surface area (Å²) in [6.45, 7) is 8.46. The van der Waals surface area contributed by atoms with E-state index in [2.05, 4.69) is 20.8 Å². The first kappa shape index (κ1) is 10.2. The first-order chi connectivity index (χ1) is 5.76. The molecule has 72 valence electrons. The monoisotopic (exact) mass is 188 g/mol. The zero-order valence-electron chi connectivity index (χ0n) is 8.43. The zero-order chi connectivity index (χ0) is 9.03. The third-order valence-corrected chi connectivity index (χ3v) is 7.42. The number of rotatable bonds is 6. The Morgan fingerprint density at radius 1 is 1.33 bits per heavy atom. The van der Waals surface area contributed by atoms with Crippen LogP contribution in [0, 0.1) is 0 Å². The Kier molecular flexibility index (Phi) is 3.74. The van der Waals surface area contributed by atoms with E-state index >= 15 is 0 Å². The van der Waals surface area contributed by atoms with Crippen LogP contribution in [0.25, 0.3) is 0 Å². The van der Waals surface area contributed by atoms with Crippen LogP contribution in [0.5, 0.6) is 0 Å². The standard InChI is InChI=1S/C9H20O2Si/c1-4-11-12(5-2,6-3)8-9-7-10-9/h9H,4-8H2,1-3H3. The Bertz CT molecular complexity index is 130. The van der Waals surface area contributed by atoms with Crippen LogP contribution >= 0.6 is 0 Å². The van der Waals surface area contributed by atoms with Crippen LogP contribution in [-0.2, 0) is 9.16 Å². The van der Waals surface area contributed by atoms with Crippen molar-refractivity contribution in [2.45, 2.75) is 45.0 Å². The topological polar surface area (TPSA) is 21.8 Å². The van der Waals surface area contributed by atoms with E-state index in [4.69, 9.17) is 9.16 Å². The van der Waals surface area contributed by atoms with Gasteiger partial charge in [-0.2, -0.15) is 0 Å². The number of ether oxygens (including phenoxy) is 1. The zero-order valence-corrected chi connectivity index (χ0v) is 9.43. The fourth-order valence-corrected chi connectivity index (χ4v) is 4.99. The molecule has 0 aromatic carbocycles. The summed E-state index contributed by atoms with van der Waals surface area (Å²) in [6.07, 6.45) is 0.545. The molecule has 12 heavy (non-hydrogen) atoms. The third-order valence-electron chi connectivity index (χ3n) is 2.74. The molecule has 0 aliphatic carbocycles. The molecule has 0 N–H and O–H groups in total. The lowest BCUT2D eigenvalue weighted by molar-refractivity contribution is 0.312. The second-order valence-corrected chi connectivity index (χ2v) is 7.96. The van der Waals surface area contributed by atoms with Gasteiger partial charge in [0.05, 0.1) is 12.7 Å². The van der Waals surface area contributed by atoms with Crippen LogP contribution in [0.15, 0.2) is 0 Å². The van der Waals surface area contributed by atoms with Gasteiger partial charge in [-0.1, -0.05) is 13.8 Å². The Balaban J connectivity index is 2.41. The van der Waals surface area contributed by atoms with Crippen molar-refractivity contribution >= 4 is 8.32 Å². The molecule has 1 atom stereocenters. The lowest BCUT2D eigenvalue weighted by atomic mass is 10.6. The SMILES string of the molecule is CCO[Si](CC)(CC)CC1CO1. The van der Waals surface area contributed by atoms with Gasteiger partial charge in [-0.15, -0.1) is 0 Å². The summed E-state index contributed by atoms with van der Waals surface area (Å²) < 4.78 is 11.2. The molecule has 0 spiro atoms. The highest BCUT2D eigenvalue weighted by atomic mass is 28.4. The van der Waals surface area contributed by atoms with Crippen LogP contribution in [0.4, 0.5) is 0 Å². The van der Waals surface area contributed by atoms with E-state index < -0.39 is 8.32 Å². The first-order valence-electron chi connectivity index (χ1n) is 5.02. The highest BCUT2D eigenvalue weighted by molar-refractivity contribution is 6.73. The molecule has 0 amide bonds. The maximum atomic E-state index is 5.94. The van der Waals surface area contributed by atoms with Crippen molar-refractivity contribution < 1.29 is 9.16 Å². The van der Waals surface area contributed by atoms with Gasteiger partial charge in [-0.05, 0) is 25.1 Å². The Morgan fingerprint density at radius 2 is 1.92 bits per heavy atom. The Morgan fingerprint density at radius 3 is 2.25 bits per heavy atom. The summed E-state index contributed by atoms with van der Waals surface area (Å²) in [6, 6.07) is 3.68. The van der Waals surface area contributed by atoms with E-state index in [-0.39, 0.29) is 0 Å². The molecule has 0 radical (unpaired) electrons. The fraction of sp³-hybridized carbons (Fsp3) is 1.00. The predicted octanol–water partition coefficient (Wildman–Crippen LogP) is 2.41. The highest BCUT2D eigenvalue weighted by Crippen LogP contribution is 2.29. The smallest absolute Gasteiger partial charge is 0.194 e. The van der Waals surface area contributed by atoms with Crippen LogP contribution in [-0.4, -0.2) is 27.6 Å². The van der Waals surface area contributed by atoms with Gasteiger partial charge in [0, 0.05) is 6.61 Å². The molecule has 0 saturated carbocycles. The maximum absolute atomic E-state index is 5.94. The molecule has 1 unspecified atom stereocenters. The van der Waals surface area contributed by atoms with E-state index in [9.17, 15) is 0 Å². The highest BCUT2D eigenvalue weighted by Gasteiger charge is 2.38. The number of epoxide rings is 1. The molecule has 1 aliphatic rings. The Hall–Kier alpha value is 0.137. The lowest BCUT2D eigenvalue weighted by Gasteiger charge is -2.27. The minimum absolute atomic E-state index is 0.545. The van der Waals surface area contributed by atoms with E-state index in [1.807, 2.05) is 0 Å². The third kappa shape index (κ3) is 2.57. The molecular weight excluding hydrogens is 168 g/mol. The second-order valence-electron chi connectivity index (χ2n) is 3.48. The fourth-order valence-electron chi connectivity index (χ4n) is 1.71. The number of hydrogen-bond acceptors (Lipinski definition) is 2. The normalized spacial score (nSPS) is 22.8. The van der Waals surface area contributed by atoms with Gasteiger partial charge in [0.25, 0.3) is 0 Å². The first-order valence-corrected chi connectivity index (χ1v) is 7.55. The van der Waals surface area contributed by atoms with Gasteiger partial charge in [-0.25, -0.2) is 0 Å². The van der Waals surface area contributed by atoms with Gasteiger partial charge < -0.3 is 9.16 Å². The minimum Gasteiger partial charge on any atom is -0.417 e. The summed E-state index contributed by atoms with van der Waals surface area (Å²) in [4.78, 5) is 0. The molecule has 2 nitrogen and oxygen atoms in total. The van der Waals surface area contributed by atoms with Gasteiger partial charge >= 0.3 is 0 Å². The van der Waals surface area contributed by atoms with Crippen LogP contribution in [0.1, 0.15) is 20.8 Å². The Labute approximate surface area is 76.4 Å². The van der Waals surface area contributed by atoms with Crippen molar-refractivity contribution in [1.82, 2.24) is 0 Å². The molecular formula is C9H20O2Si. The largest absolute Gasteiger partial charge is 0.417 e. The average Bonchev–Trinajstić information content (AvgIpc) is 2.87. The van der Waals surface area contributed by atoms with Crippen molar-refractivity contribution in [1.29, 1.82) is 0 Å². The van der Waals surface area contributed by atoms with Crippen molar-refractivity contribution in [3.05, 3.63) is 0 Å². The van der Waals surface area contributed by atoms with Gasteiger partial charge in [0.1, 0.15) is 0 Å². The van der Waals surface area contributed by atoms with E-state index in [0.717, 1.165) is 13.2 Å². The van der Waals surface area contributed by atoms with Crippen LogP contribution in [0.3, 0.4) is 0 Å². The van der Waals surface area contributed by atoms with Gasteiger partial charge in [0.15, 0.2) is 8.32 Å². The molecule has 1 saturated heterocycles. The average molecular weight is 188 g/mol. The van der Waals surface area contributed by atoms with E-state index in [0.29, 0.717) is 6.10 Å². The molecule has 1 heterocycles. The minimum atomic E-state index is -1.37. The molecule has 0 aromatic rings. The quantitative estimate of drug-likeness (QED) is 0.471. The summed E-state index contributed by atoms with van der Waals surface area (Å²) in [5.41, 5.74) is 0. The van der Waals surface area contributed by atoms with Crippen LogP contribution in [0.2, 0.25) is 18.1 Å². The van der Waals surface area contributed by atoms with E-state index in [1.165, 1.54) is 18.1 Å². The molecule has 0 bridgehead atoms. The summed E-state index contributed by atoms with van der Waals surface area (Å²) in [7, 11) is -1.37. The lowest BCUT2D eigenvalue weighted by Crippen LogP contribution is -2.38. The maximum Gasteiger partial charge on any atom is 0.194 e. The molecule has 1 fully saturated rings. The second kappa shape index (κ2) is 4.39. The predicted molar refractivity (Wildman–Crippen MR) is 52.9 cm³/mol. The van der Waals surface area contributed by atoms with Crippen molar-refractivity contribution in [3.63, 3.8) is 0 Å². The number of hydrogen-bond donors (Lipinski definition) is 0. The van der Waals surface area contributed by atoms with Gasteiger partial charge in [0.2, 0.25) is 0 Å².